The normalized spacial score (nSPS) is 11.7. The van der Waals surface area contributed by atoms with Crippen LogP contribution in [0, 0.1) is 0 Å². The highest BCUT2D eigenvalue weighted by atomic mass is 35.5. The Morgan fingerprint density at radius 1 is 1.17 bits per heavy atom. The lowest BCUT2D eigenvalue weighted by molar-refractivity contribution is -0.121. The van der Waals surface area contributed by atoms with Crippen LogP contribution in [-0.4, -0.2) is 53.5 Å². The van der Waals surface area contributed by atoms with Gasteiger partial charge >= 0.3 is 0 Å². The van der Waals surface area contributed by atoms with E-state index in [0.29, 0.717) is 34.8 Å². The number of sulfonamides is 1. The summed E-state index contributed by atoms with van der Waals surface area (Å²) in [6.07, 6.45) is 0. The number of nitrogens with one attached hydrogen (secondary N) is 1. The summed E-state index contributed by atoms with van der Waals surface area (Å²) in [4.78, 5) is 18.8. The second-order valence-electron chi connectivity index (χ2n) is 6.03. The maximum atomic E-state index is 12.5. The van der Waals surface area contributed by atoms with Gasteiger partial charge in [-0.1, -0.05) is 30.3 Å². The number of nitrogens with zero attached hydrogens (tertiary/aromatic N) is 4. The van der Waals surface area contributed by atoms with Crippen molar-refractivity contribution in [3.8, 4) is 0 Å². The molecule has 154 valence electrons. The standard InChI is InChI=1S/C18H20ClN5O4S/c1-3-23(4-2)29(26,27)15-8-6-14(7-9-15)20-18(25)12-28-24-17-11-13(19)5-10-16(17)21-22-24/h5-11H,3-4,12H2,1-2H3,(H,20,25). The molecule has 9 nitrogen and oxygen atoms in total. The van der Waals surface area contributed by atoms with E-state index >= 15 is 0 Å². The van der Waals surface area contributed by atoms with Gasteiger partial charge < -0.3 is 10.2 Å². The third-order valence-corrected chi connectivity index (χ3v) is 6.48. The van der Waals surface area contributed by atoms with Crippen LogP contribution in [0.3, 0.4) is 0 Å². The van der Waals surface area contributed by atoms with E-state index in [4.69, 9.17) is 16.4 Å². The zero-order chi connectivity index (χ0) is 21.0. The monoisotopic (exact) mass is 437 g/mol. The average molecular weight is 438 g/mol. The summed E-state index contributed by atoms with van der Waals surface area (Å²) in [5.74, 6) is -0.435. The number of anilines is 1. The summed E-state index contributed by atoms with van der Waals surface area (Å²) >= 11 is 5.95. The molecule has 0 aliphatic rings. The quantitative estimate of drug-likeness (QED) is 0.579. The van der Waals surface area contributed by atoms with Crippen LogP contribution >= 0.6 is 11.6 Å². The van der Waals surface area contributed by atoms with Crippen molar-refractivity contribution in [2.45, 2.75) is 18.7 Å². The van der Waals surface area contributed by atoms with Crippen LogP contribution in [0.5, 0.6) is 0 Å². The van der Waals surface area contributed by atoms with Gasteiger partial charge in [-0.05, 0) is 47.7 Å². The summed E-state index contributed by atoms with van der Waals surface area (Å²) in [5, 5.41) is 10.9. The Morgan fingerprint density at radius 2 is 1.86 bits per heavy atom. The minimum atomic E-state index is -3.54. The van der Waals surface area contributed by atoms with E-state index in [9.17, 15) is 13.2 Å². The van der Waals surface area contributed by atoms with E-state index in [1.807, 2.05) is 0 Å². The molecule has 29 heavy (non-hydrogen) atoms. The molecule has 0 bridgehead atoms. The molecule has 3 aromatic rings. The summed E-state index contributed by atoms with van der Waals surface area (Å²) in [7, 11) is -3.54. The first kappa shape index (κ1) is 21.0. The fourth-order valence-electron chi connectivity index (χ4n) is 2.71. The number of amides is 1. The lowest BCUT2D eigenvalue weighted by Gasteiger charge is -2.18. The van der Waals surface area contributed by atoms with Gasteiger partial charge in [0.1, 0.15) is 11.0 Å². The van der Waals surface area contributed by atoms with E-state index in [0.717, 1.165) is 4.85 Å². The second-order valence-corrected chi connectivity index (χ2v) is 8.41. The summed E-state index contributed by atoms with van der Waals surface area (Å²) in [5.41, 5.74) is 1.57. The van der Waals surface area contributed by atoms with Crippen molar-refractivity contribution in [2.75, 3.05) is 25.0 Å². The van der Waals surface area contributed by atoms with Crippen molar-refractivity contribution in [3.05, 3.63) is 47.5 Å². The van der Waals surface area contributed by atoms with Crippen molar-refractivity contribution in [1.29, 1.82) is 0 Å². The van der Waals surface area contributed by atoms with Gasteiger partial charge in [0.05, 0.1) is 4.90 Å². The van der Waals surface area contributed by atoms with E-state index in [1.165, 1.54) is 28.6 Å². The van der Waals surface area contributed by atoms with Gasteiger partial charge in [0.25, 0.3) is 5.91 Å². The highest BCUT2D eigenvalue weighted by Gasteiger charge is 2.21. The zero-order valence-electron chi connectivity index (χ0n) is 15.9. The Morgan fingerprint density at radius 3 is 2.52 bits per heavy atom. The maximum Gasteiger partial charge on any atom is 0.265 e. The molecule has 0 unspecified atom stereocenters. The lowest BCUT2D eigenvalue weighted by atomic mass is 10.3. The molecule has 0 aliphatic heterocycles. The van der Waals surface area contributed by atoms with Crippen molar-refractivity contribution in [3.63, 3.8) is 0 Å². The number of fused-ring (bicyclic) bond motifs is 1. The fourth-order valence-corrected chi connectivity index (χ4v) is 4.33. The number of rotatable bonds is 8. The molecule has 0 spiro atoms. The number of hydrogen-bond donors (Lipinski definition) is 1. The van der Waals surface area contributed by atoms with Crippen LogP contribution in [0.1, 0.15) is 13.8 Å². The molecular weight excluding hydrogens is 418 g/mol. The third kappa shape index (κ3) is 4.66. The Bertz CT molecular complexity index is 1110. The molecule has 0 saturated carbocycles. The van der Waals surface area contributed by atoms with Crippen LogP contribution in [0.2, 0.25) is 5.02 Å². The number of hydrogen-bond acceptors (Lipinski definition) is 6. The number of carbonyl (C=O) groups is 1. The highest BCUT2D eigenvalue weighted by Crippen LogP contribution is 2.18. The molecule has 0 radical (unpaired) electrons. The van der Waals surface area contributed by atoms with Crippen LogP contribution in [0.25, 0.3) is 11.0 Å². The Kier molecular flexibility index (Phi) is 6.36. The lowest BCUT2D eigenvalue weighted by Crippen LogP contribution is -2.30. The number of halogens is 1. The summed E-state index contributed by atoms with van der Waals surface area (Å²) in [6, 6.07) is 11.0. The number of carbonyl (C=O) groups excluding carboxylic acids is 1. The van der Waals surface area contributed by atoms with Crippen molar-refractivity contribution >= 4 is 44.3 Å². The van der Waals surface area contributed by atoms with E-state index in [-0.39, 0.29) is 11.5 Å². The van der Waals surface area contributed by atoms with Gasteiger partial charge in [-0.25, -0.2) is 8.42 Å². The van der Waals surface area contributed by atoms with E-state index < -0.39 is 15.9 Å². The number of benzene rings is 2. The molecular formula is C18H20ClN5O4S. The van der Waals surface area contributed by atoms with Crippen molar-refractivity contribution < 1.29 is 18.0 Å². The van der Waals surface area contributed by atoms with Gasteiger partial charge in [-0.15, -0.1) is 5.10 Å². The van der Waals surface area contributed by atoms with E-state index in [2.05, 4.69) is 15.6 Å². The van der Waals surface area contributed by atoms with Crippen LogP contribution in [0.15, 0.2) is 47.4 Å². The van der Waals surface area contributed by atoms with Gasteiger partial charge in [0.15, 0.2) is 6.61 Å². The topological polar surface area (TPSA) is 106 Å². The molecule has 0 aliphatic carbocycles. The molecule has 11 heteroatoms. The minimum Gasteiger partial charge on any atom is -0.385 e. The second kappa shape index (κ2) is 8.76. The zero-order valence-corrected chi connectivity index (χ0v) is 17.4. The first-order chi connectivity index (χ1) is 13.8. The average Bonchev–Trinajstić information content (AvgIpc) is 3.09. The predicted octanol–water partition coefficient (Wildman–Crippen LogP) is 2.18. The Balaban J connectivity index is 1.63. The maximum absolute atomic E-state index is 12.5. The van der Waals surface area contributed by atoms with E-state index in [1.54, 1.807) is 32.0 Å². The van der Waals surface area contributed by atoms with Crippen molar-refractivity contribution in [2.24, 2.45) is 0 Å². The molecule has 1 N–H and O–H groups in total. The fraction of sp³-hybridized carbons (Fsp3) is 0.278. The summed E-state index contributed by atoms with van der Waals surface area (Å²) in [6.45, 7) is 4.02. The third-order valence-electron chi connectivity index (χ3n) is 4.18. The van der Waals surface area contributed by atoms with Gasteiger partial charge in [-0.3, -0.25) is 4.79 Å². The molecule has 1 heterocycles. The highest BCUT2D eigenvalue weighted by molar-refractivity contribution is 7.89. The van der Waals surface area contributed by atoms with Gasteiger partial charge in [0, 0.05) is 23.8 Å². The predicted molar refractivity (Wildman–Crippen MR) is 109 cm³/mol. The van der Waals surface area contributed by atoms with Crippen LogP contribution < -0.4 is 10.2 Å². The van der Waals surface area contributed by atoms with Gasteiger partial charge in [0.2, 0.25) is 10.0 Å². The molecule has 0 atom stereocenters. The smallest absolute Gasteiger partial charge is 0.265 e. The number of aromatic nitrogens is 3. The van der Waals surface area contributed by atoms with Crippen LogP contribution in [-0.2, 0) is 14.8 Å². The molecule has 1 aromatic heterocycles. The first-order valence-corrected chi connectivity index (χ1v) is 10.7. The molecule has 3 rings (SSSR count). The molecule has 2 aromatic carbocycles. The SMILES string of the molecule is CCN(CC)S(=O)(=O)c1ccc(NC(=O)COn2nnc3ccc(Cl)cc32)cc1. The molecule has 0 fully saturated rings. The first-order valence-electron chi connectivity index (χ1n) is 8.89. The molecule has 1 amide bonds. The minimum absolute atomic E-state index is 0.168. The summed E-state index contributed by atoms with van der Waals surface area (Å²) < 4.78 is 26.3. The van der Waals surface area contributed by atoms with Crippen LogP contribution in [0.4, 0.5) is 5.69 Å². The molecule has 0 saturated heterocycles. The van der Waals surface area contributed by atoms with Crippen molar-refractivity contribution in [1.82, 2.24) is 19.5 Å². The Labute approximate surface area is 173 Å². The van der Waals surface area contributed by atoms with Gasteiger partial charge in [-0.2, -0.15) is 4.31 Å². The Hall–Kier alpha value is -2.69. The largest absolute Gasteiger partial charge is 0.385 e.